The maximum Gasteiger partial charge on any atom is 0.0684 e. The predicted octanol–water partition coefficient (Wildman–Crippen LogP) is 3.70. The molecule has 2 rings (SSSR count). The summed E-state index contributed by atoms with van der Waals surface area (Å²) in [6, 6.07) is 7.45. The van der Waals surface area contributed by atoms with E-state index in [4.69, 9.17) is 17.1 Å². The number of benzene rings is 1. The number of pyridine rings is 1. The van der Waals surface area contributed by atoms with Crippen molar-refractivity contribution in [3.8, 4) is 0 Å². The van der Waals surface area contributed by atoms with Crippen LogP contribution in [0.1, 0.15) is 5.69 Å². The van der Waals surface area contributed by atoms with Gasteiger partial charge in [-0.3, -0.25) is 4.98 Å². The molecule has 2 aromatic rings. The molecule has 0 spiro atoms. The summed E-state index contributed by atoms with van der Waals surface area (Å²) in [6.07, 6.45) is 1.74. The summed E-state index contributed by atoms with van der Waals surface area (Å²) >= 11 is 5.87. The van der Waals surface area contributed by atoms with Gasteiger partial charge in [-0.05, 0) is 29.1 Å². The number of rotatable bonds is 2. The van der Waals surface area contributed by atoms with Crippen LogP contribution in [0.25, 0.3) is 21.2 Å². The second-order valence-electron chi connectivity index (χ2n) is 3.06. The first kappa shape index (κ1) is 9.77. The van der Waals surface area contributed by atoms with Crippen molar-refractivity contribution in [1.29, 1.82) is 0 Å². The number of fused-ring (bicyclic) bond motifs is 1. The molecule has 0 aliphatic heterocycles. The Morgan fingerprint density at radius 2 is 2.20 bits per heavy atom. The number of azide groups is 1. The summed E-state index contributed by atoms with van der Waals surface area (Å²) in [4.78, 5) is 6.85. The van der Waals surface area contributed by atoms with Crippen LogP contribution in [0, 0.1) is 0 Å². The molecular weight excluding hydrogens is 212 g/mol. The zero-order valence-corrected chi connectivity index (χ0v) is 8.52. The number of nitrogens with zero attached hydrogens (tertiary/aromatic N) is 4. The van der Waals surface area contributed by atoms with Crippen LogP contribution in [0.3, 0.4) is 0 Å². The Bertz CT molecular complexity index is 546. The molecule has 0 unspecified atom stereocenters. The molecular formula is C10H7ClN4. The molecule has 0 atom stereocenters. The van der Waals surface area contributed by atoms with Crippen LogP contribution in [-0.4, -0.2) is 4.98 Å². The minimum absolute atomic E-state index is 0.263. The molecule has 15 heavy (non-hydrogen) atoms. The Morgan fingerprint density at radius 1 is 1.33 bits per heavy atom. The van der Waals surface area contributed by atoms with Gasteiger partial charge in [0, 0.05) is 27.2 Å². The molecule has 0 amide bonds. The zero-order chi connectivity index (χ0) is 10.7. The van der Waals surface area contributed by atoms with Crippen LogP contribution >= 0.6 is 11.6 Å². The van der Waals surface area contributed by atoms with Gasteiger partial charge in [0.05, 0.1) is 6.54 Å². The molecule has 0 fully saturated rings. The molecule has 5 heteroatoms. The monoisotopic (exact) mass is 218 g/mol. The van der Waals surface area contributed by atoms with E-state index < -0.39 is 0 Å². The smallest absolute Gasteiger partial charge is 0.0684 e. The summed E-state index contributed by atoms with van der Waals surface area (Å²) in [5, 5.41) is 6.16. The van der Waals surface area contributed by atoms with E-state index in [1.807, 2.05) is 24.3 Å². The number of aromatic nitrogens is 1. The summed E-state index contributed by atoms with van der Waals surface area (Å²) in [6.45, 7) is 0.263. The molecule has 0 saturated carbocycles. The van der Waals surface area contributed by atoms with E-state index in [-0.39, 0.29) is 6.54 Å². The minimum Gasteiger partial charge on any atom is -0.261 e. The van der Waals surface area contributed by atoms with E-state index in [1.54, 1.807) is 6.20 Å². The highest BCUT2D eigenvalue weighted by Gasteiger charge is 1.97. The van der Waals surface area contributed by atoms with E-state index in [1.165, 1.54) is 0 Å². The first-order valence-electron chi connectivity index (χ1n) is 4.34. The van der Waals surface area contributed by atoms with Crippen molar-refractivity contribution in [1.82, 2.24) is 4.98 Å². The predicted molar refractivity (Wildman–Crippen MR) is 59.6 cm³/mol. The molecule has 74 valence electrons. The third-order valence-electron chi connectivity index (χ3n) is 2.04. The fourth-order valence-electron chi connectivity index (χ4n) is 1.35. The van der Waals surface area contributed by atoms with Gasteiger partial charge in [-0.25, -0.2) is 0 Å². The van der Waals surface area contributed by atoms with Gasteiger partial charge in [-0.15, -0.1) is 0 Å². The average Bonchev–Trinajstić information content (AvgIpc) is 2.25. The third-order valence-corrected chi connectivity index (χ3v) is 2.27. The van der Waals surface area contributed by atoms with E-state index >= 15 is 0 Å². The number of hydrogen-bond donors (Lipinski definition) is 0. The van der Waals surface area contributed by atoms with Gasteiger partial charge in [-0.2, -0.15) is 0 Å². The van der Waals surface area contributed by atoms with Crippen molar-refractivity contribution < 1.29 is 0 Å². The van der Waals surface area contributed by atoms with E-state index in [9.17, 15) is 0 Å². The van der Waals surface area contributed by atoms with Crippen molar-refractivity contribution in [2.45, 2.75) is 6.54 Å². The second kappa shape index (κ2) is 4.17. The largest absolute Gasteiger partial charge is 0.261 e. The van der Waals surface area contributed by atoms with Crippen LogP contribution in [0.4, 0.5) is 0 Å². The second-order valence-corrected chi connectivity index (χ2v) is 3.49. The van der Waals surface area contributed by atoms with Crippen molar-refractivity contribution in [2.75, 3.05) is 0 Å². The molecule has 4 nitrogen and oxygen atoms in total. The lowest BCUT2D eigenvalue weighted by Crippen LogP contribution is -1.86. The van der Waals surface area contributed by atoms with Crippen LogP contribution in [0.5, 0.6) is 0 Å². The Kier molecular flexibility index (Phi) is 2.72. The normalized spacial score (nSPS) is 9.93. The van der Waals surface area contributed by atoms with E-state index in [2.05, 4.69) is 15.0 Å². The first-order valence-corrected chi connectivity index (χ1v) is 4.72. The average molecular weight is 219 g/mol. The Hall–Kier alpha value is -1.77. The van der Waals surface area contributed by atoms with Crippen LogP contribution < -0.4 is 0 Å². The molecule has 1 heterocycles. The zero-order valence-electron chi connectivity index (χ0n) is 7.76. The Balaban J connectivity index is 2.49. The summed E-state index contributed by atoms with van der Waals surface area (Å²) in [7, 11) is 0. The fraction of sp³-hybridized carbons (Fsp3) is 0.100. The quantitative estimate of drug-likeness (QED) is 0.431. The molecule has 0 aliphatic carbocycles. The first-order chi connectivity index (χ1) is 7.29. The highest BCUT2D eigenvalue weighted by Crippen LogP contribution is 2.19. The van der Waals surface area contributed by atoms with Gasteiger partial charge >= 0.3 is 0 Å². The molecule has 0 aliphatic rings. The molecule has 0 bridgehead atoms. The molecule has 0 radical (unpaired) electrons. The highest BCUT2D eigenvalue weighted by atomic mass is 35.5. The third kappa shape index (κ3) is 2.18. The summed E-state index contributed by atoms with van der Waals surface area (Å²) in [5.41, 5.74) is 8.93. The lowest BCUT2D eigenvalue weighted by atomic mass is 10.1. The van der Waals surface area contributed by atoms with E-state index in [0.29, 0.717) is 5.02 Å². The minimum atomic E-state index is 0.263. The van der Waals surface area contributed by atoms with Gasteiger partial charge in [0.1, 0.15) is 0 Å². The molecule has 0 N–H and O–H groups in total. The molecule has 1 aromatic heterocycles. The van der Waals surface area contributed by atoms with Gasteiger partial charge in [0.2, 0.25) is 0 Å². The standard InChI is InChI=1S/C10H7ClN4/c11-9-2-1-7-5-13-10(6-14-15-12)4-8(7)3-9/h1-5H,6H2. The molecule has 1 aromatic carbocycles. The molecule has 0 saturated heterocycles. The van der Waals surface area contributed by atoms with Gasteiger partial charge in [-0.1, -0.05) is 22.8 Å². The van der Waals surface area contributed by atoms with Gasteiger partial charge in [0.25, 0.3) is 0 Å². The number of halogens is 1. The van der Waals surface area contributed by atoms with Crippen molar-refractivity contribution in [3.63, 3.8) is 0 Å². The van der Waals surface area contributed by atoms with Crippen molar-refractivity contribution >= 4 is 22.4 Å². The summed E-state index contributed by atoms with van der Waals surface area (Å²) in [5.74, 6) is 0. The maximum atomic E-state index is 8.19. The van der Waals surface area contributed by atoms with Crippen LogP contribution in [0.2, 0.25) is 5.02 Å². The Labute approximate surface area is 91.1 Å². The van der Waals surface area contributed by atoms with E-state index in [0.717, 1.165) is 16.5 Å². The van der Waals surface area contributed by atoms with Gasteiger partial charge < -0.3 is 0 Å². The van der Waals surface area contributed by atoms with Gasteiger partial charge in [0.15, 0.2) is 0 Å². The SMILES string of the molecule is [N-]=[N+]=NCc1cc2cc(Cl)ccc2cn1. The maximum absolute atomic E-state index is 8.19. The van der Waals surface area contributed by atoms with Crippen LogP contribution in [0.15, 0.2) is 35.6 Å². The lowest BCUT2D eigenvalue weighted by Gasteiger charge is -2.00. The lowest BCUT2D eigenvalue weighted by molar-refractivity contribution is 0.982. The highest BCUT2D eigenvalue weighted by molar-refractivity contribution is 6.31. The summed E-state index contributed by atoms with van der Waals surface area (Å²) < 4.78 is 0. The van der Waals surface area contributed by atoms with Crippen LogP contribution in [-0.2, 0) is 6.54 Å². The van der Waals surface area contributed by atoms with Crippen molar-refractivity contribution in [3.05, 3.63) is 51.6 Å². The topological polar surface area (TPSA) is 61.7 Å². The fourth-order valence-corrected chi connectivity index (χ4v) is 1.53. The van der Waals surface area contributed by atoms with Crippen molar-refractivity contribution in [2.24, 2.45) is 5.11 Å². The number of hydrogen-bond acceptors (Lipinski definition) is 2. The Morgan fingerprint density at radius 3 is 3.00 bits per heavy atom.